The minimum Gasteiger partial charge on any atom is -0.507 e. The van der Waals surface area contributed by atoms with Gasteiger partial charge in [-0.15, -0.1) is 0 Å². The molecule has 0 aromatic heterocycles. The average Bonchev–Trinajstić information content (AvgIpc) is 2.56. The number of phenols is 1. The van der Waals surface area contributed by atoms with E-state index in [2.05, 4.69) is 38.1 Å². The molecule has 2 heteroatoms. The standard InChI is InChI=1S/C21H22O2/c1-13(2)16-11-9-14(3)21(22)20(16)19-17-8-6-5-7-15(17)10-12-18(19)23-4/h5-13,22H,1-4H3. The summed E-state index contributed by atoms with van der Waals surface area (Å²) in [5, 5.41) is 13.0. The van der Waals surface area contributed by atoms with Crippen LogP contribution in [0.15, 0.2) is 48.5 Å². The summed E-state index contributed by atoms with van der Waals surface area (Å²) < 4.78 is 5.63. The summed E-state index contributed by atoms with van der Waals surface area (Å²) in [6.07, 6.45) is 0. The summed E-state index contributed by atoms with van der Waals surface area (Å²) in [7, 11) is 1.68. The minimum absolute atomic E-state index is 0.306. The van der Waals surface area contributed by atoms with Crippen LogP contribution in [0.5, 0.6) is 11.5 Å². The topological polar surface area (TPSA) is 29.5 Å². The molecule has 0 aliphatic heterocycles. The monoisotopic (exact) mass is 306 g/mol. The normalized spacial score (nSPS) is 11.2. The second-order valence-corrected chi connectivity index (χ2v) is 6.21. The molecule has 0 radical (unpaired) electrons. The maximum absolute atomic E-state index is 10.8. The van der Waals surface area contributed by atoms with E-state index in [1.54, 1.807) is 7.11 Å². The Balaban J connectivity index is 2.48. The summed E-state index contributed by atoms with van der Waals surface area (Å²) in [5.74, 6) is 1.43. The minimum atomic E-state index is 0.306. The Bertz CT molecular complexity index is 863. The fourth-order valence-corrected chi connectivity index (χ4v) is 3.13. The van der Waals surface area contributed by atoms with Gasteiger partial charge in [-0.1, -0.05) is 56.3 Å². The van der Waals surface area contributed by atoms with Crippen LogP contribution in [0.2, 0.25) is 0 Å². The van der Waals surface area contributed by atoms with Gasteiger partial charge >= 0.3 is 0 Å². The Kier molecular flexibility index (Phi) is 3.99. The molecule has 2 nitrogen and oxygen atoms in total. The number of methoxy groups -OCH3 is 1. The predicted octanol–water partition coefficient (Wildman–Crippen LogP) is 5.65. The lowest BCUT2D eigenvalue weighted by Gasteiger charge is -2.20. The van der Waals surface area contributed by atoms with Crippen molar-refractivity contribution >= 4 is 10.8 Å². The van der Waals surface area contributed by atoms with Gasteiger partial charge in [0.1, 0.15) is 11.5 Å². The van der Waals surface area contributed by atoms with E-state index in [1.807, 2.05) is 31.2 Å². The van der Waals surface area contributed by atoms with E-state index in [0.29, 0.717) is 11.7 Å². The number of rotatable bonds is 3. The Morgan fingerprint density at radius 3 is 2.35 bits per heavy atom. The van der Waals surface area contributed by atoms with Crippen molar-refractivity contribution in [1.82, 2.24) is 0 Å². The van der Waals surface area contributed by atoms with Crippen molar-refractivity contribution in [2.45, 2.75) is 26.7 Å². The average molecular weight is 306 g/mol. The summed E-state index contributed by atoms with van der Waals surface area (Å²) in [4.78, 5) is 0. The number of aromatic hydroxyl groups is 1. The van der Waals surface area contributed by atoms with E-state index in [1.165, 1.54) is 0 Å². The molecule has 0 aliphatic rings. The first-order valence-electron chi connectivity index (χ1n) is 7.93. The van der Waals surface area contributed by atoms with Crippen molar-refractivity contribution in [2.24, 2.45) is 0 Å². The second kappa shape index (κ2) is 5.96. The van der Waals surface area contributed by atoms with E-state index >= 15 is 0 Å². The molecule has 1 N–H and O–H groups in total. The number of ether oxygens (including phenoxy) is 1. The zero-order valence-corrected chi connectivity index (χ0v) is 14.1. The van der Waals surface area contributed by atoms with Gasteiger partial charge in [0.25, 0.3) is 0 Å². The van der Waals surface area contributed by atoms with Crippen LogP contribution >= 0.6 is 0 Å². The first-order chi connectivity index (χ1) is 11.0. The van der Waals surface area contributed by atoms with Crippen molar-refractivity contribution in [2.75, 3.05) is 7.11 Å². The van der Waals surface area contributed by atoms with Crippen LogP contribution in [0, 0.1) is 6.92 Å². The van der Waals surface area contributed by atoms with Crippen molar-refractivity contribution in [1.29, 1.82) is 0 Å². The number of phenolic OH excluding ortho intramolecular Hbond substituents is 1. The first kappa shape index (κ1) is 15.4. The lowest BCUT2D eigenvalue weighted by atomic mass is 9.87. The third-order valence-electron chi connectivity index (χ3n) is 4.39. The van der Waals surface area contributed by atoms with Gasteiger partial charge in [0, 0.05) is 11.1 Å². The molecule has 0 saturated carbocycles. The summed E-state index contributed by atoms with van der Waals surface area (Å²) in [5.41, 5.74) is 3.85. The molecule has 0 spiro atoms. The number of benzene rings is 3. The Morgan fingerprint density at radius 1 is 0.913 bits per heavy atom. The lowest BCUT2D eigenvalue weighted by Crippen LogP contribution is -1.98. The highest BCUT2D eigenvalue weighted by atomic mass is 16.5. The van der Waals surface area contributed by atoms with Gasteiger partial charge in [-0.25, -0.2) is 0 Å². The number of hydrogen-bond donors (Lipinski definition) is 1. The van der Waals surface area contributed by atoms with Crippen molar-refractivity contribution < 1.29 is 9.84 Å². The molecule has 0 amide bonds. The fourth-order valence-electron chi connectivity index (χ4n) is 3.13. The van der Waals surface area contributed by atoms with Gasteiger partial charge in [-0.2, -0.15) is 0 Å². The van der Waals surface area contributed by atoms with Crippen molar-refractivity contribution in [3.05, 3.63) is 59.7 Å². The largest absolute Gasteiger partial charge is 0.507 e. The van der Waals surface area contributed by atoms with E-state index in [9.17, 15) is 5.11 Å². The summed E-state index contributed by atoms with van der Waals surface area (Å²) in [6.45, 7) is 6.22. The maximum atomic E-state index is 10.8. The van der Waals surface area contributed by atoms with Crippen molar-refractivity contribution in [3.63, 3.8) is 0 Å². The smallest absolute Gasteiger partial charge is 0.127 e. The molecular weight excluding hydrogens is 284 g/mol. The molecular formula is C21H22O2. The van der Waals surface area contributed by atoms with E-state index in [0.717, 1.165) is 38.8 Å². The van der Waals surface area contributed by atoms with Gasteiger partial charge < -0.3 is 9.84 Å². The van der Waals surface area contributed by atoms with E-state index in [4.69, 9.17) is 4.74 Å². The quantitative estimate of drug-likeness (QED) is 0.677. The molecule has 3 rings (SSSR count). The van der Waals surface area contributed by atoms with E-state index < -0.39 is 0 Å². The number of fused-ring (bicyclic) bond motifs is 1. The van der Waals surface area contributed by atoms with Gasteiger partial charge in [0.05, 0.1) is 7.11 Å². The van der Waals surface area contributed by atoms with Gasteiger partial charge in [-0.3, -0.25) is 0 Å². The molecule has 0 atom stereocenters. The van der Waals surface area contributed by atoms with Crippen LogP contribution in [-0.2, 0) is 0 Å². The molecule has 3 aromatic carbocycles. The molecule has 0 aliphatic carbocycles. The fraction of sp³-hybridized carbons (Fsp3) is 0.238. The van der Waals surface area contributed by atoms with E-state index in [-0.39, 0.29) is 0 Å². The van der Waals surface area contributed by atoms with Crippen LogP contribution in [0.1, 0.15) is 30.9 Å². The molecule has 0 fully saturated rings. The highest BCUT2D eigenvalue weighted by Gasteiger charge is 2.20. The molecule has 0 heterocycles. The van der Waals surface area contributed by atoms with Crippen LogP contribution in [-0.4, -0.2) is 12.2 Å². The van der Waals surface area contributed by atoms with Crippen LogP contribution < -0.4 is 4.74 Å². The lowest BCUT2D eigenvalue weighted by molar-refractivity contribution is 0.416. The van der Waals surface area contributed by atoms with Crippen LogP contribution in [0.25, 0.3) is 21.9 Å². The third kappa shape index (κ3) is 2.55. The molecule has 0 saturated heterocycles. The highest BCUT2D eigenvalue weighted by Crippen LogP contribution is 2.45. The molecule has 118 valence electrons. The molecule has 0 unspecified atom stereocenters. The Labute approximate surface area is 137 Å². The first-order valence-corrected chi connectivity index (χ1v) is 7.93. The predicted molar refractivity (Wildman–Crippen MR) is 96.4 cm³/mol. The highest BCUT2D eigenvalue weighted by molar-refractivity contribution is 6.02. The van der Waals surface area contributed by atoms with Crippen molar-refractivity contribution in [3.8, 4) is 22.6 Å². The Hall–Kier alpha value is -2.48. The zero-order chi connectivity index (χ0) is 16.6. The van der Waals surface area contributed by atoms with Crippen LogP contribution in [0.3, 0.4) is 0 Å². The van der Waals surface area contributed by atoms with Gasteiger partial charge in [0.15, 0.2) is 0 Å². The molecule has 3 aromatic rings. The van der Waals surface area contributed by atoms with Gasteiger partial charge in [0.2, 0.25) is 0 Å². The third-order valence-corrected chi connectivity index (χ3v) is 4.39. The summed E-state index contributed by atoms with van der Waals surface area (Å²) in [6, 6.07) is 16.3. The maximum Gasteiger partial charge on any atom is 0.127 e. The van der Waals surface area contributed by atoms with Crippen LogP contribution in [0.4, 0.5) is 0 Å². The number of hydrogen-bond acceptors (Lipinski definition) is 2. The number of aryl methyl sites for hydroxylation is 1. The van der Waals surface area contributed by atoms with Gasteiger partial charge in [-0.05, 0) is 40.8 Å². The zero-order valence-electron chi connectivity index (χ0n) is 14.1. The summed E-state index contributed by atoms with van der Waals surface area (Å²) >= 11 is 0. The SMILES string of the molecule is COc1ccc2ccccc2c1-c1c(C(C)C)ccc(C)c1O. The second-order valence-electron chi connectivity index (χ2n) is 6.21. The Morgan fingerprint density at radius 2 is 1.65 bits per heavy atom. The molecule has 0 bridgehead atoms. The molecule has 23 heavy (non-hydrogen) atoms.